The molecule has 1 aliphatic heterocycles. The number of aromatic nitrogens is 2. The van der Waals surface area contributed by atoms with Crippen molar-refractivity contribution >= 4 is 43.5 Å². The van der Waals surface area contributed by atoms with Crippen molar-refractivity contribution in [2.24, 2.45) is 4.40 Å². The summed E-state index contributed by atoms with van der Waals surface area (Å²) in [7, 11) is -1.37. The summed E-state index contributed by atoms with van der Waals surface area (Å²) in [6, 6.07) is 3.77. The minimum atomic E-state index is -1.37. The molecule has 0 amide bonds. The molecule has 2 aliphatic rings. The Kier molecular flexibility index (Phi) is 4.90. The van der Waals surface area contributed by atoms with Crippen molar-refractivity contribution in [3.05, 3.63) is 38.3 Å². The maximum absolute atomic E-state index is 13.3. The minimum absolute atomic E-state index is 0.0241. The summed E-state index contributed by atoms with van der Waals surface area (Å²) in [6.07, 6.45) is 5.62. The number of fused-ring (bicyclic) bond motifs is 3. The molecule has 1 fully saturated rings. The van der Waals surface area contributed by atoms with Crippen LogP contribution in [0.3, 0.4) is 0 Å². The molecule has 28 heavy (non-hydrogen) atoms. The van der Waals surface area contributed by atoms with Crippen molar-refractivity contribution in [3.8, 4) is 0 Å². The third-order valence-corrected chi connectivity index (χ3v) is 7.95. The van der Waals surface area contributed by atoms with E-state index < -0.39 is 15.7 Å². The van der Waals surface area contributed by atoms with Crippen molar-refractivity contribution in [2.45, 2.75) is 76.5 Å². The maximum atomic E-state index is 13.3. The highest BCUT2D eigenvalue weighted by molar-refractivity contribution is 9.10. The van der Waals surface area contributed by atoms with E-state index in [0.717, 1.165) is 41.7 Å². The largest absolute Gasteiger partial charge is 0.296 e. The number of halogens is 1. The lowest BCUT2D eigenvalue weighted by molar-refractivity contribution is 0.429. The van der Waals surface area contributed by atoms with Gasteiger partial charge in [0, 0.05) is 22.0 Å². The smallest absolute Gasteiger partial charge is 0.261 e. The van der Waals surface area contributed by atoms with Crippen molar-refractivity contribution in [1.29, 1.82) is 0 Å². The molecule has 1 saturated carbocycles. The average Bonchev–Trinajstić information content (AvgIpc) is 3.23. The number of nitrogens with zero attached hydrogens (tertiary/aromatic N) is 3. The first kappa shape index (κ1) is 20.0. The van der Waals surface area contributed by atoms with Gasteiger partial charge in [-0.05, 0) is 59.1 Å². The lowest BCUT2D eigenvalue weighted by atomic mass is 9.84. The van der Waals surface area contributed by atoms with Gasteiger partial charge in [-0.25, -0.2) is 9.19 Å². The summed E-state index contributed by atoms with van der Waals surface area (Å²) in [5.74, 6) is 0.941. The first-order valence-electron chi connectivity index (χ1n) is 9.85. The van der Waals surface area contributed by atoms with Crippen molar-refractivity contribution < 1.29 is 4.21 Å². The fourth-order valence-corrected chi connectivity index (χ4v) is 5.53. The summed E-state index contributed by atoms with van der Waals surface area (Å²) in [5.41, 5.74) is 2.19. The first-order valence-corrected chi connectivity index (χ1v) is 11.7. The van der Waals surface area contributed by atoms with E-state index in [1.54, 1.807) is 0 Å². The van der Waals surface area contributed by atoms with Crippen LogP contribution in [0.15, 0.2) is 25.8 Å². The summed E-state index contributed by atoms with van der Waals surface area (Å²) < 4.78 is 19.2. The Balaban J connectivity index is 1.96. The number of hydrogen-bond acceptors (Lipinski definition) is 3. The van der Waals surface area contributed by atoms with E-state index in [0.29, 0.717) is 16.6 Å². The quantitative estimate of drug-likeness (QED) is 0.608. The SMILES string of the molecule is CC(=N[S@](=O)C(C)(C)C)c1cc(Br)cc2c(=O)n3c(nc12)C1(CCCC1)CC3. The molecule has 150 valence electrons. The van der Waals surface area contributed by atoms with E-state index in [4.69, 9.17) is 4.98 Å². The molecule has 0 saturated heterocycles. The van der Waals surface area contributed by atoms with Crippen LogP contribution in [-0.4, -0.2) is 24.2 Å². The van der Waals surface area contributed by atoms with Gasteiger partial charge in [0.15, 0.2) is 0 Å². The molecule has 1 spiro atoms. The molecule has 2 aromatic rings. The van der Waals surface area contributed by atoms with Gasteiger partial charge in [-0.1, -0.05) is 28.8 Å². The van der Waals surface area contributed by atoms with Gasteiger partial charge in [-0.3, -0.25) is 9.36 Å². The Morgan fingerprint density at radius 3 is 2.57 bits per heavy atom. The van der Waals surface area contributed by atoms with Gasteiger partial charge in [-0.15, -0.1) is 0 Å². The Morgan fingerprint density at radius 2 is 1.93 bits per heavy atom. The van der Waals surface area contributed by atoms with Crippen LogP contribution in [0.2, 0.25) is 0 Å². The topological polar surface area (TPSA) is 64.3 Å². The molecule has 0 N–H and O–H groups in total. The highest BCUT2D eigenvalue weighted by atomic mass is 79.9. The van der Waals surface area contributed by atoms with E-state index in [1.807, 2.05) is 44.4 Å². The van der Waals surface area contributed by atoms with E-state index >= 15 is 0 Å². The zero-order valence-electron chi connectivity index (χ0n) is 16.8. The fourth-order valence-electron chi connectivity index (χ4n) is 4.45. The molecule has 1 aliphatic carbocycles. The van der Waals surface area contributed by atoms with E-state index in [-0.39, 0.29) is 11.0 Å². The zero-order valence-corrected chi connectivity index (χ0v) is 19.2. The van der Waals surface area contributed by atoms with E-state index in [2.05, 4.69) is 20.3 Å². The first-order chi connectivity index (χ1) is 13.1. The van der Waals surface area contributed by atoms with Gasteiger partial charge in [0.1, 0.15) is 16.8 Å². The van der Waals surface area contributed by atoms with Crippen LogP contribution < -0.4 is 5.56 Å². The maximum Gasteiger partial charge on any atom is 0.261 e. The molecule has 4 rings (SSSR count). The predicted octanol–water partition coefficient (Wildman–Crippen LogP) is 4.65. The Hall–Kier alpha value is -1.34. The second-order valence-corrected chi connectivity index (χ2v) is 11.8. The van der Waals surface area contributed by atoms with Gasteiger partial charge in [0.25, 0.3) is 5.56 Å². The van der Waals surface area contributed by atoms with Crippen LogP contribution in [0.4, 0.5) is 0 Å². The molecular weight excluding hydrogens is 438 g/mol. The molecule has 1 aromatic carbocycles. The predicted molar refractivity (Wildman–Crippen MR) is 119 cm³/mol. The highest BCUT2D eigenvalue weighted by Crippen LogP contribution is 2.46. The van der Waals surface area contributed by atoms with Crippen LogP contribution in [-0.2, 0) is 22.9 Å². The van der Waals surface area contributed by atoms with Crippen LogP contribution >= 0.6 is 15.9 Å². The summed E-state index contributed by atoms with van der Waals surface area (Å²) in [6.45, 7) is 8.31. The molecule has 2 heterocycles. The molecule has 0 radical (unpaired) electrons. The Bertz CT molecular complexity index is 1080. The normalized spacial score (nSPS) is 20.1. The van der Waals surface area contributed by atoms with Crippen LogP contribution in [0.5, 0.6) is 0 Å². The molecule has 1 aromatic heterocycles. The monoisotopic (exact) mass is 463 g/mol. The lowest BCUT2D eigenvalue weighted by Crippen LogP contribution is -2.27. The van der Waals surface area contributed by atoms with Crippen molar-refractivity contribution in [1.82, 2.24) is 9.55 Å². The van der Waals surface area contributed by atoms with E-state index in [1.165, 1.54) is 12.8 Å². The Labute approximate surface area is 176 Å². The zero-order chi connectivity index (χ0) is 20.3. The Morgan fingerprint density at radius 1 is 1.25 bits per heavy atom. The summed E-state index contributed by atoms with van der Waals surface area (Å²) in [5, 5.41) is 0.597. The molecular formula is C21H26BrN3O2S. The third-order valence-electron chi connectivity index (χ3n) is 6.01. The third kappa shape index (κ3) is 3.20. The fraction of sp³-hybridized carbons (Fsp3) is 0.571. The lowest BCUT2D eigenvalue weighted by Gasteiger charge is -2.22. The number of rotatable bonds is 2. The van der Waals surface area contributed by atoms with Crippen molar-refractivity contribution in [2.75, 3.05) is 0 Å². The van der Waals surface area contributed by atoms with Crippen LogP contribution in [0.25, 0.3) is 10.9 Å². The van der Waals surface area contributed by atoms with E-state index in [9.17, 15) is 9.00 Å². The van der Waals surface area contributed by atoms with Crippen LogP contribution in [0.1, 0.15) is 71.2 Å². The summed E-state index contributed by atoms with van der Waals surface area (Å²) >= 11 is 3.53. The van der Waals surface area contributed by atoms with Crippen molar-refractivity contribution in [3.63, 3.8) is 0 Å². The molecule has 5 nitrogen and oxygen atoms in total. The number of hydrogen-bond donors (Lipinski definition) is 0. The molecule has 0 unspecified atom stereocenters. The molecule has 0 bridgehead atoms. The molecule has 1 atom stereocenters. The van der Waals surface area contributed by atoms with Gasteiger partial charge >= 0.3 is 0 Å². The second-order valence-electron chi connectivity index (χ2n) is 9.02. The standard InChI is InChI=1S/C21H26BrN3O2S/c1-13(24-28(27)20(2,3)4)15-11-14(22)12-16-17(15)23-19-21(7-5-6-8-21)9-10-25(19)18(16)26/h11-12H,5-10H2,1-4H3/t28-/m1/s1. The van der Waals surface area contributed by atoms with Gasteiger partial charge < -0.3 is 0 Å². The molecule has 7 heteroatoms. The van der Waals surface area contributed by atoms with Gasteiger partial charge in [-0.2, -0.15) is 4.40 Å². The number of benzene rings is 1. The summed E-state index contributed by atoms with van der Waals surface area (Å²) in [4.78, 5) is 18.3. The van der Waals surface area contributed by atoms with Crippen LogP contribution in [0, 0.1) is 0 Å². The van der Waals surface area contributed by atoms with Gasteiger partial charge in [0.2, 0.25) is 0 Å². The second kappa shape index (κ2) is 6.87. The highest BCUT2D eigenvalue weighted by Gasteiger charge is 2.43. The minimum Gasteiger partial charge on any atom is -0.296 e. The van der Waals surface area contributed by atoms with Gasteiger partial charge in [0.05, 0.1) is 21.4 Å². The average molecular weight is 464 g/mol.